The molecule has 0 fully saturated rings. The van der Waals surface area contributed by atoms with Gasteiger partial charge in [-0.3, -0.25) is 4.79 Å². The molecule has 0 unspecified atom stereocenters. The zero-order valence-corrected chi connectivity index (χ0v) is 8.15. The number of rotatable bonds is 2. The predicted octanol–water partition coefficient (Wildman–Crippen LogP) is 2.59. The Bertz CT molecular complexity index is 523. The molecule has 0 aliphatic rings. The van der Waals surface area contributed by atoms with Gasteiger partial charge in [0, 0.05) is 5.56 Å². The minimum Gasteiger partial charge on any atom is -0.287 e. The lowest BCUT2D eigenvalue weighted by molar-refractivity contribution is 0.103. The highest BCUT2D eigenvalue weighted by atomic mass is 19.1. The van der Waals surface area contributed by atoms with Gasteiger partial charge in [-0.2, -0.15) is 0 Å². The predicted molar refractivity (Wildman–Crippen MR) is 54.0 cm³/mol. The third-order valence-electron chi connectivity index (χ3n) is 2.05. The van der Waals surface area contributed by atoms with Gasteiger partial charge in [-0.15, -0.1) is 0 Å². The van der Waals surface area contributed by atoms with E-state index >= 15 is 0 Å². The number of carbonyl (C=O) groups excluding carboxylic acids is 1. The molecule has 2 rings (SSSR count). The molecule has 0 saturated heterocycles. The Kier molecular flexibility index (Phi) is 2.72. The van der Waals surface area contributed by atoms with Crippen LogP contribution in [0.15, 0.2) is 42.6 Å². The summed E-state index contributed by atoms with van der Waals surface area (Å²) in [6, 6.07) is 7.69. The van der Waals surface area contributed by atoms with E-state index in [2.05, 4.69) is 4.98 Å². The Balaban J connectivity index is 2.35. The summed E-state index contributed by atoms with van der Waals surface area (Å²) < 4.78 is 25.5. The van der Waals surface area contributed by atoms with Gasteiger partial charge in [-0.25, -0.2) is 13.8 Å². The highest BCUT2D eigenvalue weighted by Crippen LogP contribution is 2.09. The van der Waals surface area contributed by atoms with Gasteiger partial charge in [0.2, 0.25) is 5.78 Å². The molecule has 1 heterocycles. The van der Waals surface area contributed by atoms with Crippen LogP contribution in [0, 0.1) is 11.6 Å². The van der Waals surface area contributed by atoms with E-state index in [1.807, 2.05) is 0 Å². The Morgan fingerprint density at radius 1 is 1.06 bits per heavy atom. The van der Waals surface area contributed by atoms with Crippen molar-refractivity contribution in [1.29, 1.82) is 0 Å². The van der Waals surface area contributed by atoms with Crippen LogP contribution >= 0.6 is 0 Å². The van der Waals surface area contributed by atoms with Gasteiger partial charge in [-0.05, 0) is 24.3 Å². The Morgan fingerprint density at radius 2 is 1.88 bits per heavy atom. The van der Waals surface area contributed by atoms with E-state index in [0.29, 0.717) is 0 Å². The van der Waals surface area contributed by atoms with E-state index in [0.717, 1.165) is 18.3 Å². The van der Waals surface area contributed by atoms with Crippen LogP contribution in [0.5, 0.6) is 0 Å². The zero-order chi connectivity index (χ0) is 11.5. The van der Waals surface area contributed by atoms with Crippen LogP contribution in [0.2, 0.25) is 0 Å². The number of hydrogen-bond donors (Lipinski definition) is 0. The Hall–Kier alpha value is -2.10. The topological polar surface area (TPSA) is 30.0 Å². The smallest absolute Gasteiger partial charge is 0.211 e. The molecule has 16 heavy (non-hydrogen) atoms. The van der Waals surface area contributed by atoms with E-state index in [-0.39, 0.29) is 11.3 Å². The number of halogens is 2. The minimum atomic E-state index is -0.518. The summed E-state index contributed by atoms with van der Waals surface area (Å²) in [6.07, 6.45) is 0.951. The van der Waals surface area contributed by atoms with Crippen molar-refractivity contribution in [1.82, 2.24) is 4.98 Å². The second-order valence-corrected chi connectivity index (χ2v) is 3.20. The molecular weight excluding hydrogens is 212 g/mol. The summed E-state index contributed by atoms with van der Waals surface area (Å²) in [5, 5.41) is 0. The third kappa shape index (κ3) is 2.11. The molecule has 0 aliphatic carbocycles. The van der Waals surface area contributed by atoms with E-state index in [1.165, 1.54) is 24.3 Å². The number of carbonyl (C=O) groups is 1. The first-order valence-corrected chi connectivity index (χ1v) is 4.58. The highest BCUT2D eigenvalue weighted by Gasteiger charge is 2.10. The van der Waals surface area contributed by atoms with Crippen molar-refractivity contribution >= 4 is 5.78 Å². The lowest BCUT2D eigenvalue weighted by Gasteiger charge is -2.00. The lowest BCUT2D eigenvalue weighted by atomic mass is 10.1. The van der Waals surface area contributed by atoms with Crippen molar-refractivity contribution in [2.75, 3.05) is 0 Å². The fraction of sp³-hybridized carbons (Fsp3) is 0. The molecule has 0 saturated carbocycles. The van der Waals surface area contributed by atoms with E-state index in [9.17, 15) is 13.6 Å². The first-order valence-electron chi connectivity index (χ1n) is 4.58. The van der Waals surface area contributed by atoms with Gasteiger partial charge < -0.3 is 0 Å². The van der Waals surface area contributed by atoms with E-state index in [4.69, 9.17) is 0 Å². The second-order valence-electron chi connectivity index (χ2n) is 3.20. The molecule has 1 aromatic heterocycles. The van der Waals surface area contributed by atoms with Crippen molar-refractivity contribution < 1.29 is 13.6 Å². The number of pyridine rings is 1. The molecule has 0 aliphatic heterocycles. The molecule has 0 N–H and O–H groups in total. The van der Waals surface area contributed by atoms with Crippen LogP contribution in [0.3, 0.4) is 0 Å². The molecule has 0 spiro atoms. The van der Waals surface area contributed by atoms with Crippen LogP contribution in [-0.2, 0) is 0 Å². The molecule has 1 aromatic carbocycles. The summed E-state index contributed by atoms with van der Waals surface area (Å²) in [6.45, 7) is 0. The molecule has 0 atom stereocenters. The fourth-order valence-electron chi connectivity index (χ4n) is 1.29. The molecule has 0 bridgehead atoms. The number of aromatic nitrogens is 1. The maximum atomic E-state index is 12.9. The molecule has 80 valence electrons. The van der Waals surface area contributed by atoms with Gasteiger partial charge in [0.15, 0.2) is 0 Å². The monoisotopic (exact) mass is 219 g/mol. The van der Waals surface area contributed by atoms with Gasteiger partial charge in [0.25, 0.3) is 0 Å². The van der Waals surface area contributed by atoms with Crippen molar-refractivity contribution in [3.05, 3.63) is 65.5 Å². The Labute approximate surface area is 90.6 Å². The number of nitrogens with zero attached hydrogens (tertiary/aromatic N) is 1. The quantitative estimate of drug-likeness (QED) is 0.726. The minimum absolute atomic E-state index is 0.0898. The van der Waals surface area contributed by atoms with E-state index in [1.54, 1.807) is 0 Å². The molecule has 4 heteroatoms. The number of benzene rings is 1. The number of ketones is 1. The maximum Gasteiger partial charge on any atom is 0.211 e. The van der Waals surface area contributed by atoms with Crippen molar-refractivity contribution in [2.45, 2.75) is 0 Å². The first-order chi connectivity index (χ1) is 7.66. The summed E-state index contributed by atoms with van der Waals surface area (Å²) in [7, 11) is 0. The van der Waals surface area contributed by atoms with E-state index < -0.39 is 17.4 Å². The SMILES string of the molecule is O=C(c1cccc(F)c1)c1ccc(F)cn1. The average molecular weight is 219 g/mol. The second kappa shape index (κ2) is 4.18. The van der Waals surface area contributed by atoms with Crippen molar-refractivity contribution in [3.63, 3.8) is 0 Å². The summed E-state index contributed by atoms with van der Waals surface area (Å²) >= 11 is 0. The molecule has 2 aromatic rings. The van der Waals surface area contributed by atoms with Crippen molar-refractivity contribution in [2.24, 2.45) is 0 Å². The normalized spacial score (nSPS) is 10.1. The maximum absolute atomic E-state index is 12.9. The zero-order valence-electron chi connectivity index (χ0n) is 8.15. The standard InChI is InChI=1S/C12H7F2NO/c13-9-3-1-2-8(6-9)12(16)11-5-4-10(14)7-15-11/h1-7H. The highest BCUT2D eigenvalue weighted by molar-refractivity contribution is 6.07. The van der Waals surface area contributed by atoms with Crippen molar-refractivity contribution in [3.8, 4) is 0 Å². The first kappa shape index (κ1) is 10.4. The van der Waals surface area contributed by atoms with Crippen LogP contribution in [-0.4, -0.2) is 10.8 Å². The molecule has 0 radical (unpaired) electrons. The molecular formula is C12H7F2NO. The van der Waals surface area contributed by atoms with Gasteiger partial charge in [0.1, 0.15) is 17.3 Å². The fourth-order valence-corrected chi connectivity index (χ4v) is 1.29. The molecule has 0 amide bonds. The largest absolute Gasteiger partial charge is 0.287 e. The Morgan fingerprint density at radius 3 is 2.50 bits per heavy atom. The number of hydrogen-bond acceptors (Lipinski definition) is 2. The lowest BCUT2D eigenvalue weighted by Crippen LogP contribution is -2.04. The summed E-state index contributed by atoms with van der Waals surface area (Å²) in [5.41, 5.74) is 0.283. The van der Waals surface area contributed by atoms with Crippen LogP contribution in [0.25, 0.3) is 0 Å². The summed E-state index contributed by atoms with van der Waals surface area (Å²) in [4.78, 5) is 15.4. The third-order valence-corrected chi connectivity index (χ3v) is 2.05. The van der Waals surface area contributed by atoms with Crippen LogP contribution in [0.4, 0.5) is 8.78 Å². The van der Waals surface area contributed by atoms with Gasteiger partial charge in [0.05, 0.1) is 6.20 Å². The molecule has 2 nitrogen and oxygen atoms in total. The van der Waals surface area contributed by atoms with Gasteiger partial charge >= 0.3 is 0 Å². The van der Waals surface area contributed by atoms with Gasteiger partial charge in [-0.1, -0.05) is 12.1 Å². The summed E-state index contributed by atoms with van der Waals surface area (Å²) in [5.74, 6) is -1.44. The van der Waals surface area contributed by atoms with Crippen LogP contribution < -0.4 is 0 Å². The average Bonchev–Trinajstić information content (AvgIpc) is 2.29. The van der Waals surface area contributed by atoms with Crippen LogP contribution in [0.1, 0.15) is 16.1 Å².